The second kappa shape index (κ2) is 4.48. The number of nitrogens with zero attached hydrogens (tertiary/aromatic N) is 2. The summed E-state index contributed by atoms with van der Waals surface area (Å²) in [5.74, 6) is 0.819. The molecule has 0 aliphatic heterocycles. The lowest BCUT2D eigenvalue weighted by Gasteiger charge is -2.01. The van der Waals surface area contributed by atoms with E-state index in [1.807, 2.05) is 31.2 Å². The van der Waals surface area contributed by atoms with Gasteiger partial charge in [-0.05, 0) is 36.8 Å². The van der Waals surface area contributed by atoms with E-state index in [1.165, 1.54) is 0 Å². The predicted octanol–water partition coefficient (Wildman–Crippen LogP) is 4.46. The number of halogens is 2. The van der Waals surface area contributed by atoms with Crippen LogP contribution in [0, 0.1) is 6.92 Å². The molecule has 0 radical (unpaired) electrons. The van der Waals surface area contributed by atoms with Crippen molar-refractivity contribution >= 4 is 43.0 Å². The molecule has 0 aliphatic carbocycles. The molecule has 1 aromatic carbocycles. The Morgan fingerprint density at radius 1 is 1.17 bits per heavy atom. The molecule has 0 amide bonds. The van der Waals surface area contributed by atoms with Gasteiger partial charge < -0.3 is 4.98 Å². The molecule has 2 heterocycles. The average Bonchev–Trinajstić information content (AvgIpc) is 2.77. The van der Waals surface area contributed by atoms with E-state index in [0.29, 0.717) is 0 Å². The van der Waals surface area contributed by atoms with Crippen LogP contribution in [0.15, 0.2) is 39.4 Å². The zero-order valence-corrected chi connectivity index (χ0v) is 12.7. The van der Waals surface area contributed by atoms with Gasteiger partial charge in [-0.15, -0.1) is 0 Å². The zero-order chi connectivity index (χ0) is 12.7. The van der Waals surface area contributed by atoms with Crippen molar-refractivity contribution < 1.29 is 0 Å². The predicted molar refractivity (Wildman–Crippen MR) is 79.5 cm³/mol. The number of pyridine rings is 1. The van der Waals surface area contributed by atoms with Gasteiger partial charge in [0, 0.05) is 20.7 Å². The first kappa shape index (κ1) is 11.9. The van der Waals surface area contributed by atoms with Crippen LogP contribution < -0.4 is 0 Å². The summed E-state index contributed by atoms with van der Waals surface area (Å²) < 4.78 is 2.02. The number of fused-ring (bicyclic) bond motifs is 1. The Hall–Kier alpha value is -1.20. The molecule has 0 unspecified atom stereocenters. The highest BCUT2D eigenvalue weighted by molar-refractivity contribution is 9.11. The Labute approximate surface area is 121 Å². The first-order chi connectivity index (χ1) is 8.65. The number of H-pyrrole nitrogens is 1. The maximum atomic E-state index is 4.53. The number of imidazole rings is 1. The van der Waals surface area contributed by atoms with Crippen LogP contribution >= 0.6 is 31.9 Å². The van der Waals surface area contributed by atoms with Crippen LogP contribution in [-0.2, 0) is 0 Å². The number of aryl methyl sites for hydroxylation is 1. The number of benzene rings is 1. The average molecular weight is 367 g/mol. The van der Waals surface area contributed by atoms with Gasteiger partial charge in [0.2, 0.25) is 0 Å². The summed E-state index contributed by atoms with van der Waals surface area (Å²) in [6.45, 7) is 2.04. The summed E-state index contributed by atoms with van der Waals surface area (Å²) in [6, 6.07) is 7.98. The summed E-state index contributed by atoms with van der Waals surface area (Å²) in [4.78, 5) is 12.1. The van der Waals surface area contributed by atoms with Crippen molar-refractivity contribution in [2.75, 3.05) is 0 Å². The minimum atomic E-state index is 0.747. The third-order valence-corrected chi connectivity index (χ3v) is 3.97. The third kappa shape index (κ3) is 1.97. The van der Waals surface area contributed by atoms with Crippen LogP contribution in [0.2, 0.25) is 0 Å². The number of nitrogens with one attached hydrogen (secondary N) is 1. The molecule has 1 N–H and O–H groups in total. The fourth-order valence-corrected chi connectivity index (χ4v) is 2.64. The second-order valence-corrected chi connectivity index (χ2v) is 5.81. The van der Waals surface area contributed by atoms with Gasteiger partial charge in [0.1, 0.15) is 5.82 Å². The molecule has 0 atom stereocenters. The number of hydrogen-bond donors (Lipinski definition) is 1. The van der Waals surface area contributed by atoms with Gasteiger partial charge in [0.05, 0.1) is 5.52 Å². The second-order valence-electron chi connectivity index (χ2n) is 4.04. The van der Waals surface area contributed by atoms with Gasteiger partial charge in [-0.25, -0.2) is 9.97 Å². The van der Waals surface area contributed by atoms with Gasteiger partial charge in [-0.1, -0.05) is 31.9 Å². The maximum absolute atomic E-state index is 4.53. The van der Waals surface area contributed by atoms with E-state index in [9.17, 15) is 0 Å². The minimum Gasteiger partial charge on any atom is -0.336 e. The van der Waals surface area contributed by atoms with Crippen LogP contribution in [0.4, 0.5) is 0 Å². The molecule has 0 bridgehead atoms. The molecule has 90 valence electrons. The molecule has 18 heavy (non-hydrogen) atoms. The largest absolute Gasteiger partial charge is 0.336 e. The molecular weight excluding hydrogens is 358 g/mol. The highest BCUT2D eigenvalue weighted by atomic mass is 79.9. The summed E-state index contributed by atoms with van der Waals surface area (Å²) >= 11 is 7.02. The van der Waals surface area contributed by atoms with E-state index in [2.05, 4.69) is 46.8 Å². The fraction of sp³-hybridized carbons (Fsp3) is 0.0769. The van der Waals surface area contributed by atoms with Gasteiger partial charge >= 0.3 is 0 Å². The number of aromatic amines is 1. The van der Waals surface area contributed by atoms with Crippen LogP contribution in [0.1, 0.15) is 5.56 Å². The van der Waals surface area contributed by atoms with E-state index in [-0.39, 0.29) is 0 Å². The SMILES string of the molecule is Cc1ccnc2nc(-c3cc(Br)ccc3Br)[nH]c12. The Morgan fingerprint density at radius 3 is 2.78 bits per heavy atom. The van der Waals surface area contributed by atoms with Crippen LogP contribution in [-0.4, -0.2) is 15.0 Å². The molecule has 3 nitrogen and oxygen atoms in total. The first-order valence-corrected chi connectivity index (χ1v) is 7.00. The quantitative estimate of drug-likeness (QED) is 0.690. The standard InChI is InChI=1S/C13H9Br2N3/c1-7-4-5-16-13-11(7)17-12(18-13)9-6-8(14)2-3-10(9)15/h2-6H,1H3,(H,16,17,18). The van der Waals surface area contributed by atoms with Crippen LogP contribution in [0.25, 0.3) is 22.6 Å². The number of rotatable bonds is 1. The monoisotopic (exact) mass is 365 g/mol. The highest BCUT2D eigenvalue weighted by Gasteiger charge is 2.10. The van der Waals surface area contributed by atoms with Crippen molar-refractivity contribution in [2.24, 2.45) is 0 Å². The van der Waals surface area contributed by atoms with E-state index >= 15 is 0 Å². The lowest BCUT2D eigenvalue weighted by atomic mass is 10.2. The lowest BCUT2D eigenvalue weighted by Crippen LogP contribution is -1.82. The lowest BCUT2D eigenvalue weighted by molar-refractivity contribution is 1.29. The van der Waals surface area contributed by atoms with Crippen LogP contribution in [0.3, 0.4) is 0 Å². The molecular formula is C13H9Br2N3. The molecule has 0 saturated carbocycles. The molecule has 5 heteroatoms. The molecule has 0 saturated heterocycles. The van der Waals surface area contributed by atoms with Crippen molar-refractivity contribution in [3.05, 3.63) is 45.0 Å². The van der Waals surface area contributed by atoms with Crippen molar-refractivity contribution in [1.29, 1.82) is 0 Å². The summed E-state index contributed by atoms with van der Waals surface area (Å²) in [5.41, 5.74) is 3.89. The van der Waals surface area contributed by atoms with Crippen molar-refractivity contribution in [1.82, 2.24) is 15.0 Å². The molecule has 3 rings (SSSR count). The molecule has 0 spiro atoms. The molecule has 0 aliphatic rings. The highest BCUT2D eigenvalue weighted by Crippen LogP contribution is 2.30. The van der Waals surface area contributed by atoms with Gasteiger partial charge in [-0.3, -0.25) is 0 Å². The van der Waals surface area contributed by atoms with Crippen LogP contribution in [0.5, 0.6) is 0 Å². The maximum Gasteiger partial charge on any atom is 0.178 e. The summed E-state index contributed by atoms with van der Waals surface area (Å²) in [6.07, 6.45) is 1.78. The molecule has 0 fully saturated rings. The topological polar surface area (TPSA) is 41.6 Å². The number of aromatic nitrogens is 3. The third-order valence-electron chi connectivity index (χ3n) is 2.78. The van der Waals surface area contributed by atoms with Crippen molar-refractivity contribution in [2.45, 2.75) is 6.92 Å². The first-order valence-electron chi connectivity index (χ1n) is 5.42. The van der Waals surface area contributed by atoms with E-state index in [4.69, 9.17) is 0 Å². The smallest absolute Gasteiger partial charge is 0.178 e. The zero-order valence-electron chi connectivity index (χ0n) is 9.54. The minimum absolute atomic E-state index is 0.747. The Balaban J connectivity index is 2.26. The normalized spacial score (nSPS) is 11.1. The van der Waals surface area contributed by atoms with Crippen molar-refractivity contribution in [3.63, 3.8) is 0 Å². The van der Waals surface area contributed by atoms with Gasteiger partial charge in [-0.2, -0.15) is 0 Å². The van der Waals surface area contributed by atoms with E-state index < -0.39 is 0 Å². The van der Waals surface area contributed by atoms with Crippen molar-refractivity contribution in [3.8, 4) is 11.4 Å². The van der Waals surface area contributed by atoms with E-state index in [0.717, 1.165) is 37.1 Å². The fourth-order valence-electron chi connectivity index (χ4n) is 1.84. The Morgan fingerprint density at radius 2 is 2.00 bits per heavy atom. The van der Waals surface area contributed by atoms with Gasteiger partial charge in [0.25, 0.3) is 0 Å². The summed E-state index contributed by atoms with van der Waals surface area (Å²) in [5, 5.41) is 0. The van der Waals surface area contributed by atoms with Gasteiger partial charge in [0.15, 0.2) is 5.65 Å². The molecule has 2 aromatic heterocycles. The van der Waals surface area contributed by atoms with E-state index in [1.54, 1.807) is 6.20 Å². The Kier molecular flexibility index (Phi) is 2.95. The molecule has 3 aromatic rings. The Bertz CT molecular complexity index is 734. The summed E-state index contributed by atoms with van der Waals surface area (Å²) in [7, 11) is 0. The number of hydrogen-bond acceptors (Lipinski definition) is 2.